The molecule has 1 aromatic carbocycles. The van der Waals surface area contributed by atoms with Crippen LogP contribution in [0.15, 0.2) is 29.3 Å². The number of nitrogens with one attached hydrogen (secondary N) is 2. The Hall–Kier alpha value is -1.35. The topological polar surface area (TPSA) is 60.0 Å². The van der Waals surface area contributed by atoms with Crippen molar-refractivity contribution < 1.29 is 4.79 Å². The number of carbonyl (C=O) groups excluding carboxylic acids is 1. The van der Waals surface area contributed by atoms with Gasteiger partial charge in [-0.1, -0.05) is 44.0 Å². The second-order valence-corrected chi connectivity index (χ2v) is 10.1. The smallest absolute Gasteiger partial charge is 0.225 e. The van der Waals surface area contributed by atoms with Gasteiger partial charge in [-0.25, -0.2) is 0 Å². The van der Waals surface area contributed by atoms with E-state index < -0.39 is 0 Å². The van der Waals surface area contributed by atoms with Gasteiger partial charge in [0.2, 0.25) is 5.91 Å². The van der Waals surface area contributed by atoms with Crippen LogP contribution in [0.2, 0.25) is 0 Å². The van der Waals surface area contributed by atoms with Crippen LogP contribution in [0, 0.1) is 11.8 Å². The van der Waals surface area contributed by atoms with Gasteiger partial charge in [0.05, 0.1) is 0 Å². The number of piperidine rings is 1. The Labute approximate surface area is 217 Å². The van der Waals surface area contributed by atoms with E-state index in [0.717, 1.165) is 57.3 Å². The maximum atomic E-state index is 12.7. The number of carbonyl (C=O) groups is 1. The molecule has 3 fully saturated rings. The fourth-order valence-corrected chi connectivity index (χ4v) is 5.40. The number of rotatable bonds is 6. The fraction of sp³-hybridized carbons (Fsp3) is 0.692. The molecule has 2 N–H and O–H groups in total. The van der Waals surface area contributed by atoms with E-state index in [9.17, 15) is 4.79 Å². The maximum absolute atomic E-state index is 12.7. The molecule has 184 valence electrons. The van der Waals surface area contributed by atoms with E-state index in [2.05, 4.69) is 56.6 Å². The van der Waals surface area contributed by atoms with Crippen LogP contribution in [-0.2, 0) is 17.9 Å². The van der Waals surface area contributed by atoms with Crippen LogP contribution < -0.4 is 10.6 Å². The van der Waals surface area contributed by atoms with Gasteiger partial charge in [-0.15, -0.1) is 24.0 Å². The number of likely N-dealkylation sites (tertiary alicyclic amines) is 2. The van der Waals surface area contributed by atoms with Gasteiger partial charge in [-0.3, -0.25) is 14.7 Å². The molecule has 0 spiro atoms. The second kappa shape index (κ2) is 12.9. The molecule has 1 atom stereocenters. The Kier molecular flexibility index (Phi) is 10.3. The van der Waals surface area contributed by atoms with Crippen molar-refractivity contribution in [1.82, 2.24) is 20.4 Å². The molecule has 2 saturated heterocycles. The zero-order valence-electron chi connectivity index (χ0n) is 20.4. The quantitative estimate of drug-likeness (QED) is 0.310. The van der Waals surface area contributed by atoms with Gasteiger partial charge in [0, 0.05) is 45.2 Å². The number of hydrogen-bond donors (Lipinski definition) is 2. The predicted octanol–water partition coefficient (Wildman–Crippen LogP) is 3.99. The van der Waals surface area contributed by atoms with E-state index in [1.54, 1.807) is 0 Å². The highest BCUT2D eigenvalue weighted by Crippen LogP contribution is 2.27. The molecule has 33 heavy (non-hydrogen) atoms. The Morgan fingerprint density at radius 1 is 1.06 bits per heavy atom. The zero-order chi connectivity index (χ0) is 22.3. The van der Waals surface area contributed by atoms with E-state index in [4.69, 9.17) is 0 Å². The summed E-state index contributed by atoms with van der Waals surface area (Å²) in [5.74, 6) is 2.33. The minimum atomic E-state index is 0. The molecule has 1 saturated carbocycles. The summed E-state index contributed by atoms with van der Waals surface area (Å²) in [5.41, 5.74) is 2.67. The molecule has 1 unspecified atom stereocenters. The lowest BCUT2D eigenvalue weighted by molar-refractivity contribution is -0.134. The second-order valence-electron chi connectivity index (χ2n) is 10.1. The lowest BCUT2D eigenvalue weighted by atomic mass is 9.98. The first-order valence-corrected chi connectivity index (χ1v) is 12.7. The summed E-state index contributed by atoms with van der Waals surface area (Å²) in [6.45, 7) is 8.23. The average Bonchev–Trinajstić information content (AvgIpc) is 3.51. The third-order valence-electron chi connectivity index (χ3n) is 7.50. The SMILES string of the molecule is CN=C(NCc1cccc(CN2CCC(C)CC2)c1)NC1CCN(C(=O)C2CCCC2)C1.I. The molecule has 1 aliphatic carbocycles. The van der Waals surface area contributed by atoms with Gasteiger partial charge >= 0.3 is 0 Å². The molecule has 1 amide bonds. The molecule has 0 radical (unpaired) electrons. The van der Waals surface area contributed by atoms with Crippen LogP contribution in [0.1, 0.15) is 63.0 Å². The van der Waals surface area contributed by atoms with Crippen LogP contribution in [0.3, 0.4) is 0 Å². The molecule has 0 bridgehead atoms. The van der Waals surface area contributed by atoms with E-state index in [-0.39, 0.29) is 35.9 Å². The van der Waals surface area contributed by atoms with Crippen molar-refractivity contribution in [3.05, 3.63) is 35.4 Å². The van der Waals surface area contributed by atoms with Crippen LogP contribution in [0.25, 0.3) is 0 Å². The molecule has 0 aromatic heterocycles. The number of aliphatic imine (C=N–C) groups is 1. The summed E-state index contributed by atoms with van der Waals surface area (Å²) < 4.78 is 0. The van der Waals surface area contributed by atoms with Crippen molar-refractivity contribution in [3.63, 3.8) is 0 Å². The largest absolute Gasteiger partial charge is 0.352 e. The van der Waals surface area contributed by atoms with Gasteiger partial charge < -0.3 is 15.5 Å². The van der Waals surface area contributed by atoms with Crippen molar-refractivity contribution in [1.29, 1.82) is 0 Å². The maximum Gasteiger partial charge on any atom is 0.225 e. The average molecular weight is 568 g/mol. The Morgan fingerprint density at radius 3 is 2.52 bits per heavy atom. The number of hydrogen-bond acceptors (Lipinski definition) is 3. The van der Waals surface area contributed by atoms with Crippen LogP contribution in [-0.4, -0.2) is 60.9 Å². The molecule has 3 aliphatic rings. The van der Waals surface area contributed by atoms with Crippen molar-refractivity contribution in [2.75, 3.05) is 33.2 Å². The molecule has 7 heteroatoms. The molecule has 2 aliphatic heterocycles. The number of halogens is 1. The molecular formula is C26H42IN5O. The van der Waals surface area contributed by atoms with Crippen LogP contribution in [0.5, 0.6) is 0 Å². The third kappa shape index (κ3) is 7.57. The number of guanidine groups is 1. The molecule has 6 nitrogen and oxygen atoms in total. The first-order valence-electron chi connectivity index (χ1n) is 12.7. The normalized spacial score (nSPS) is 22.9. The molecular weight excluding hydrogens is 525 g/mol. The van der Waals surface area contributed by atoms with Crippen LogP contribution >= 0.6 is 24.0 Å². The lowest BCUT2D eigenvalue weighted by Crippen LogP contribution is -2.45. The van der Waals surface area contributed by atoms with E-state index >= 15 is 0 Å². The highest BCUT2D eigenvalue weighted by atomic mass is 127. The highest BCUT2D eigenvalue weighted by molar-refractivity contribution is 14.0. The van der Waals surface area contributed by atoms with Crippen molar-refractivity contribution >= 4 is 35.8 Å². The Morgan fingerprint density at radius 2 is 1.79 bits per heavy atom. The summed E-state index contributed by atoms with van der Waals surface area (Å²) in [6, 6.07) is 9.18. The van der Waals surface area contributed by atoms with Crippen molar-refractivity contribution in [2.45, 2.75) is 71.0 Å². The third-order valence-corrected chi connectivity index (χ3v) is 7.50. The lowest BCUT2D eigenvalue weighted by Gasteiger charge is -2.30. The summed E-state index contributed by atoms with van der Waals surface area (Å²) in [7, 11) is 1.82. The Balaban J connectivity index is 0.00000306. The summed E-state index contributed by atoms with van der Waals surface area (Å²) in [4.78, 5) is 21.8. The number of benzene rings is 1. The first-order chi connectivity index (χ1) is 15.6. The Bertz CT molecular complexity index is 787. The summed E-state index contributed by atoms with van der Waals surface area (Å²) in [6.07, 6.45) is 8.19. The van der Waals surface area contributed by atoms with Gasteiger partial charge in [0.15, 0.2) is 5.96 Å². The monoisotopic (exact) mass is 567 g/mol. The van der Waals surface area contributed by atoms with Gasteiger partial charge in [-0.05, 0) is 62.2 Å². The summed E-state index contributed by atoms with van der Waals surface area (Å²) in [5, 5.41) is 7.00. The minimum absolute atomic E-state index is 0. The van der Waals surface area contributed by atoms with Gasteiger partial charge in [0.25, 0.3) is 0 Å². The van der Waals surface area contributed by atoms with E-state index in [1.807, 2.05) is 7.05 Å². The first kappa shape index (κ1) is 26.3. The standard InChI is InChI=1S/C26H41N5O.HI/c1-20-10-13-30(14-11-20)18-22-7-5-6-21(16-22)17-28-26(27-2)29-24-12-15-31(19-24)25(32)23-8-3-4-9-23;/h5-7,16,20,23-24H,3-4,8-15,17-19H2,1-2H3,(H2,27,28,29);1H. The van der Waals surface area contributed by atoms with Crippen molar-refractivity contribution in [3.8, 4) is 0 Å². The number of nitrogens with zero attached hydrogens (tertiary/aromatic N) is 3. The van der Waals surface area contributed by atoms with Gasteiger partial charge in [-0.2, -0.15) is 0 Å². The minimum Gasteiger partial charge on any atom is -0.352 e. The van der Waals surface area contributed by atoms with E-state index in [1.165, 1.54) is 49.9 Å². The van der Waals surface area contributed by atoms with Crippen LogP contribution in [0.4, 0.5) is 0 Å². The van der Waals surface area contributed by atoms with Crippen molar-refractivity contribution in [2.24, 2.45) is 16.8 Å². The molecule has 1 aromatic rings. The van der Waals surface area contributed by atoms with Gasteiger partial charge in [0.1, 0.15) is 0 Å². The zero-order valence-corrected chi connectivity index (χ0v) is 22.7. The fourth-order valence-electron chi connectivity index (χ4n) is 5.40. The highest BCUT2D eigenvalue weighted by Gasteiger charge is 2.32. The molecule has 2 heterocycles. The predicted molar refractivity (Wildman–Crippen MR) is 146 cm³/mol. The number of amides is 1. The van der Waals surface area contributed by atoms with E-state index in [0.29, 0.717) is 5.91 Å². The molecule has 4 rings (SSSR count). The summed E-state index contributed by atoms with van der Waals surface area (Å²) >= 11 is 0.